The molecule has 5 heteroatoms. The van der Waals surface area contributed by atoms with Crippen LogP contribution in [0.3, 0.4) is 0 Å². The van der Waals surface area contributed by atoms with Gasteiger partial charge in [0.05, 0.1) is 5.69 Å². The van der Waals surface area contributed by atoms with Crippen molar-refractivity contribution < 1.29 is 8.42 Å². The Kier molecular flexibility index (Phi) is 5.44. The molecule has 0 aliphatic rings. The first-order valence-electron chi connectivity index (χ1n) is 5.94. The van der Waals surface area contributed by atoms with Gasteiger partial charge in [0.15, 0.2) is 0 Å². The number of nitrogens with one attached hydrogen (secondary N) is 2. The van der Waals surface area contributed by atoms with Gasteiger partial charge in [-0.1, -0.05) is 25.5 Å². The molecule has 0 aliphatic heterocycles. The van der Waals surface area contributed by atoms with E-state index in [0.717, 1.165) is 12.8 Å². The van der Waals surface area contributed by atoms with Crippen LogP contribution >= 0.6 is 0 Å². The average Bonchev–Trinajstić information content (AvgIpc) is 2.30. The summed E-state index contributed by atoms with van der Waals surface area (Å²) >= 11 is 0. The van der Waals surface area contributed by atoms with Gasteiger partial charge < -0.3 is 5.32 Å². The minimum atomic E-state index is -3.40. The van der Waals surface area contributed by atoms with Gasteiger partial charge in [0, 0.05) is 13.1 Å². The maximum atomic E-state index is 12.1. The number of benzene rings is 1. The van der Waals surface area contributed by atoms with Crippen molar-refractivity contribution in [2.45, 2.75) is 31.6 Å². The van der Waals surface area contributed by atoms with Crippen LogP contribution in [-0.2, 0) is 10.0 Å². The second-order valence-corrected chi connectivity index (χ2v) is 5.51. The van der Waals surface area contributed by atoms with Crippen molar-refractivity contribution in [2.75, 3.05) is 18.4 Å². The predicted octanol–water partition coefficient (Wildman–Crippen LogP) is 2.20. The summed E-state index contributed by atoms with van der Waals surface area (Å²) in [5, 5.41) is 3.05. The Bertz CT molecular complexity index is 444. The zero-order valence-corrected chi connectivity index (χ0v) is 11.2. The summed E-state index contributed by atoms with van der Waals surface area (Å²) in [5.74, 6) is 0. The molecule has 0 aromatic heterocycles. The van der Waals surface area contributed by atoms with Crippen molar-refractivity contribution in [3.8, 4) is 0 Å². The minimum Gasteiger partial charge on any atom is -0.384 e. The molecule has 0 radical (unpaired) electrons. The summed E-state index contributed by atoms with van der Waals surface area (Å²) in [4.78, 5) is 0.318. The van der Waals surface area contributed by atoms with Crippen molar-refractivity contribution in [1.29, 1.82) is 0 Å². The maximum absolute atomic E-state index is 12.1. The maximum Gasteiger partial charge on any atom is 0.242 e. The van der Waals surface area contributed by atoms with Crippen LogP contribution in [-0.4, -0.2) is 21.5 Å². The van der Waals surface area contributed by atoms with E-state index in [9.17, 15) is 8.42 Å². The molecule has 17 heavy (non-hydrogen) atoms. The fourth-order valence-electron chi connectivity index (χ4n) is 1.50. The van der Waals surface area contributed by atoms with E-state index in [1.54, 1.807) is 18.2 Å². The lowest BCUT2D eigenvalue weighted by Gasteiger charge is -2.11. The van der Waals surface area contributed by atoms with Crippen LogP contribution in [0.2, 0.25) is 0 Å². The van der Waals surface area contributed by atoms with E-state index in [0.29, 0.717) is 23.7 Å². The topological polar surface area (TPSA) is 58.2 Å². The molecule has 0 unspecified atom stereocenters. The Morgan fingerprint density at radius 1 is 1.18 bits per heavy atom. The number of para-hydroxylation sites is 1. The Morgan fingerprint density at radius 3 is 2.53 bits per heavy atom. The van der Waals surface area contributed by atoms with Gasteiger partial charge in [-0.25, -0.2) is 13.1 Å². The van der Waals surface area contributed by atoms with Crippen LogP contribution in [0.4, 0.5) is 5.69 Å². The van der Waals surface area contributed by atoms with Crippen molar-refractivity contribution in [3.05, 3.63) is 24.3 Å². The fraction of sp³-hybridized carbons (Fsp3) is 0.500. The molecule has 96 valence electrons. The molecule has 1 aromatic carbocycles. The van der Waals surface area contributed by atoms with Gasteiger partial charge in [-0.05, 0) is 25.5 Å². The first-order chi connectivity index (χ1) is 8.11. The molecule has 0 atom stereocenters. The quantitative estimate of drug-likeness (QED) is 0.735. The molecule has 0 amide bonds. The highest BCUT2D eigenvalue weighted by molar-refractivity contribution is 7.89. The van der Waals surface area contributed by atoms with Crippen LogP contribution in [0, 0.1) is 0 Å². The minimum absolute atomic E-state index is 0.318. The van der Waals surface area contributed by atoms with Gasteiger partial charge in [-0.3, -0.25) is 0 Å². The third-order valence-corrected chi connectivity index (χ3v) is 3.89. The van der Waals surface area contributed by atoms with Crippen LogP contribution in [0.25, 0.3) is 0 Å². The van der Waals surface area contributed by atoms with Crippen molar-refractivity contribution >= 4 is 15.7 Å². The molecule has 0 spiro atoms. The average molecular weight is 256 g/mol. The molecule has 0 fully saturated rings. The Labute approximate surface area is 103 Å². The molecule has 0 saturated carbocycles. The standard InChI is InChI=1S/C12H20N2O2S/c1-3-5-10-14-17(15,16)12-9-7-6-8-11(12)13-4-2/h6-9,13-14H,3-5,10H2,1-2H3. The second kappa shape index (κ2) is 6.61. The second-order valence-electron chi connectivity index (χ2n) is 3.78. The summed E-state index contributed by atoms with van der Waals surface area (Å²) < 4.78 is 26.7. The van der Waals surface area contributed by atoms with E-state index in [-0.39, 0.29) is 0 Å². The number of hydrogen-bond acceptors (Lipinski definition) is 3. The molecular weight excluding hydrogens is 236 g/mol. The molecule has 1 rings (SSSR count). The van der Waals surface area contributed by atoms with Gasteiger partial charge in [0.25, 0.3) is 0 Å². The van der Waals surface area contributed by atoms with Gasteiger partial charge in [0.2, 0.25) is 10.0 Å². The summed E-state index contributed by atoms with van der Waals surface area (Å²) in [6, 6.07) is 6.95. The lowest BCUT2D eigenvalue weighted by Crippen LogP contribution is -2.25. The first kappa shape index (κ1) is 14.0. The van der Waals surface area contributed by atoms with E-state index >= 15 is 0 Å². The highest BCUT2D eigenvalue weighted by Crippen LogP contribution is 2.20. The van der Waals surface area contributed by atoms with Gasteiger partial charge in [-0.2, -0.15) is 0 Å². The molecule has 0 bridgehead atoms. The molecular formula is C12H20N2O2S. The van der Waals surface area contributed by atoms with E-state index in [1.807, 2.05) is 19.9 Å². The number of rotatable bonds is 7. The number of anilines is 1. The largest absolute Gasteiger partial charge is 0.384 e. The summed E-state index contributed by atoms with van der Waals surface area (Å²) in [5.41, 5.74) is 0.652. The van der Waals surface area contributed by atoms with Crippen LogP contribution in [0.5, 0.6) is 0 Å². The van der Waals surface area contributed by atoms with E-state index < -0.39 is 10.0 Å². The Morgan fingerprint density at radius 2 is 1.88 bits per heavy atom. The van der Waals surface area contributed by atoms with Gasteiger partial charge in [-0.15, -0.1) is 0 Å². The van der Waals surface area contributed by atoms with Crippen molar-refractivity contribution in [1.82, 2.24) is 4.72 Å². The summed E-state index contributed by atoms with van der Waals surface area (Å²) in [6.07, 6.45) is 1.82. The van der Waals surface area contributed by atoms with E-state index in [1.165, 1.54) is 0 Å². The SMILES string of the molecule is CCCCNS(=O)(=O)c1ccccc1NCC. The zero-order chi connectivity index (χ0) is 12.7. The number of unbranched alkanes of at least 4 members (excludes halogenated alkanes) is 1. The Hall–Kier alpha value is -1.07. The monoisotopic (exact) mass is 256 g/mol. The molecule has 1 aromatic rings. The highest BCUT2D eigenvalue weighted by atomic mass is 32.2. The van der Waals surface area contributed by atoms with Crippen molar-refractivity contribution in [2.24, 2.45) is 0 Å². The zero-order valence-electron chi connectivity index (χ0n) is 10.4. The van der Waals surface area contributed by atoms with E-state index in [2.05, 4.69) is 10.0 Å². The van der Waals surface area contributed by atoms with Crippen LogP contribution in [0.15, 0.2) is 29.2 Å². The third-order valence-electron chi connectivity index (χ3n) is 2.37. The van der Waals surface area contributed by atoms with Crippen molar-refractivity contribution in [3.63, 3.8) is 0 Å². The van der Waals surface area contributed by atoms with Crippen LogP contribution < -0.4 is 10.0 Å². The lowest BCUT2D eigenvalue weighted by atomic mass is 10.3. The highest BCUT2D eigenvalue weighted by Gasteiger charge is 2.16. The molecule has 0 saturated heterocycles. The number of hydrogen-bond donors (Lipinski definition) is 2. The normalized spacial score (nSPS) is 11.4. The number of sulfonamides is 1. The smallest absolute Gasteiger partial charge is 0.242 e. The van der Waals surface area contributed by atoms with E-state index in [4.69, 9.17) is 0 Å². The first-order valence-corrected chi connectivity index (χ1v) is 7.42. The molecule has 4 nitrogen and oxygen atoms in total. The fourth-order valence-corrected chi connectivity index (χ4v) is 2.75. The Balaban J connectivity index is 2.89. The lowest BCUT2D eigenvalue weighted by molar-refractivity contribution is 0.578. The molecule has 2 N–H and O–H groups in total. The predicted molar refractivity (Wildman–Crippen MR) is 70.7 cm³/mol. The molecule has 0 heterocycles. The summed E-state index contributed by atoms with van der Waals surface area (Å²) in [6.45, 7) is 5.15. The summed E-state index contributed by atoms with van der Waals surface area (Å²) in [7, 11) is -3.40. The third kappa shape index (κ3) is 4.02. The van der Waals surface area contributed by atoms with Gasteiger partial charge >= 0.3 is 0 Å². The van der Waals surface area contributed by atoms with Gasteiger partial charge in [0.1, 0.15) is 4.90 Å². The molecule has 0 aliphatic carbocycles. The van der Waals surface area contributed by atoms with Crippen LogP contribution in [0.1, 0.15) is 26.7 Å².